The second-order valence-electron chi connectivity index (χ2n) is 8.79. The molecule has 2 aromatic carbocycles. The molecule has 0 aliphatic carbocycles. The van der Waals surface area contributed by atoms with Crippen molar-refractivity contribution in [2.45, 2.75) is 19.4 Å². The van der Waals surface area contributed by atoms with E-state index in [0.717, 1.165) is 31.3 Å². The van der Waals surface area contributed by atoms with Gasteiger partial charge in [0, 0.05) is 42.0 Å². The summed E-state index contributed by atoms with van der Waals surface area (Å²) in [6.45, 7) is 6.36. The van der Waals surface area contributed by atoms with E-state index in [1.54, 1.807) is 5.57 Å². The Morgan fingerprint density at radius 1 is 1.03 bits per heavy atom. The number of rotatable bonds is 6. The lowest BCUT2D eigenvalue weighted by molar-refractivity contribution is 0.160. The number of likely N-dealkylation sites (N-methyl/N-ethyl adjacent to an activating group) is 1. The monoisotopic (exact) mass is 389 g/mol. The minimum Gasteiger partial charge on any atom is -0.489 e. The summed E-state index contributed by atoms with van der Waals surface area (Å²) in [5.41, 5.74) is 4.15. The van der Waals surface area contributed by atoms with Crippen LogP contribution in [0.15, 0.2) is 54.1 Å². The molecule has 0 radical (unpaired) electrons. The summed E-state index contributed by atoms with van der Waals surface area (Å²) in [5, 5.41) is 2.63. The lowest BCUT2D eigenvalue weighted by Crippen LogP contribution is -2.43. The molecule has 3 saturated heterocycles. The van der Waals surface area contributed by atoms with E-state index < -0.39 is 0 Å². The Kier molecular flexibility index (Phi) is 5.06. The molecule has 3 fully saturated rings. The zero-order valence-corrected chi connectivity index (χ0v) is 17.6. The molecule has 2 bridgehead atoms. The molecule has 3 aromatic rings. The fraction of sp³-hybridized carbons (Fsp3) is 0.440. The summed E-state index contributed by atoms with van der Waals surface area (Å²) >= 11 is 0. The van der Waals surface area contributed by atoms with Crippen LogP contribution in [0.25, 0.3) is 21.8 Å². The van der Waals surface area contributed by atoms with Crippen molar-refractivity contribution in [3.63, 3.8) is 0 Å². The maximum atomic E-state index is 6.18. The average molecular weight is 390 g/mol. The molecule has 3 aliphatic rings. The van der Waals surface area contributed by atoms with Gasteiger partial charge in [0.15, 0.2) is 0 Å². The van der Waals surface area contributed by atoms with Gasteiger partial charge < -0.3 is 14.2 Å². The van der Waals surface area contributed by atoms with Crippen molar-refractivity contribution >= 4 is 21.8 Å². The summed E-state index contributed by atoms with van der Waals surface area (Å²) < 4.78 is 8.62. The molecule has 4 nitrogen and oxygen atoms in total. The Balaban J connectivity index is 1.40. The maximum absolute atomic E-state index is 6.18. The first-order valence-electron chi connectivity index (χ1n) is 10.9. The van der Waals surface area contributed by atoms with Crippen LogP contribution >= 0.6 is 0 Å². The molecular formula is C25H31N3O. The SMILES string of the molecule is CN(C)CCn1c2ccccc2c2ccc(OCC=C3CN4CCC3CC4)cc21. The van der Waals surface area contributed by atoms with Crippen LogP contribution in [0.5, 0.6) is 5.75 Å². The number of ether oxygens (including phenoxy) is 1. The van der Waals surface area contributed by atoms with Crippen molar-refractivity contribution in [2.75, 3.05) is 46.9 Å². The third-order valence-corrected chi connectivity index (χ3v) is 6.63. The third-order valence-electron chi connectivity index (χ3n) is 6.63. The zero-order valence-electron chi connectivity index (χ0n) is 17.6. The second kappa shape index (κ2) is 7.85. The first-order valence-corrected chi connectivity index (χ1v) is 10.9. The largest absolute Gasteiger partial charge is 0.489 e. The van der Waals surface area contributed by atoms with Gasteiger partial charge in [-0.3, -0.25) is 4.90 Å². The van der Waals surface area contributed by atoms with Gasteiger partial charge >= 0.3 is 0 Å². The molecule has 1 aromatic heterocycles. The Labute approximate surface area is 173 Å². The molecule has 0 amide bonds. The molecule has 4 heterocycles. The second-order valence-corrected chi connectivity index (χ2v) is 8.79. The lowest BCUT2D eigenvalue weighted by Gasteiger charge is -2.41. The number of nitrogens with zero attached hydrogens (tertiary/aromatic N) is 3. The first kappa shape index (κ1) is 18.7. The van der Waals surface area contributed by atoms with Crippen molar-refractivity contribution in [1.82, 2.24) is 14.4 Å². The van der Waals surface area contributed by atoms with E-state index in [4.69, 9.17) is 4.74 Å². The number of hydrogen-bond acceptors (Lipinski definition) is 3. The van der Waals surface area contributed by atoms with Crippen molar-refractivity contribution in [3.05, 3.63) is 54.1 Å². The molecule has 6 rings (SSSR count). The van der Waals surface area contributed by atoms with Crippen molar-refractivity contribution in [3.8, 4) is 5.75 Å². The number of fused-ring (bicyclic) bond motifs is 6. The van der Waals surface area contributed by atoms with E-state index in [1.165, 1.54) is 47.7 Å². The van der Waals surface area contributed by atoms with Crippen LogP contribution in [0.2, 0.25) is 0 Å². The zero-order chi connectivity index (χ0) is 19.8. The fourth-order valence-electron chi connectivity index (χ4n) is 4.99. The predicted octanol–water partition coefficient (Wildman–Crippen LogP) is 4.39. The molecule has 0 atom stereocenters. The quantitative estimate of drug-likeness (QED) is 0.584. The molecule has 0 saturated carbocycles. The minimum absolute atomic E-state index is 0.670. The number of para-hydroxylation sites is 1. The van der Waals surface area contributed by atoms with E-state index in [0.29, 0.717) is 6.61 Å². The van der Waals surface area contributed by atoms with Crippen LogP contribution in [-0.4, -0.2) is 61.2 Å². The van der Waals surface area contributed by atoms with Gasteiger partial charge in [-0.15, -0.1) is 0 Å². The predicted molar refractivity (Wildman–Crippen MR) is 121 cm³/mol. The van der Waals surface area contributed by atoms with E-state index in [9.17, 15) is 0 Å². The highest BCUT2D eigenvalue weighted by Gasteiger charge is 2.28. The molecule has 0 N–H and O–H groups in total. The van der Waals surface area contributed by atoms with Crippen molar-refractivity contribution in [1.29, 1.82) is 0 Å². The summed E-state index contributed by atoms with van der Waals surface area (Å²) in [4.78, 5) is 4.81. The van der Waals surface area contributed by atoms with Crippen LogP contribution in [0.3, 0.4) is 0 Å². The molecule has 0 unspecified atom stereocenters. The van der Waals surface area contributed by atoms with Gasteiger partial charge in [-0.25, -0.2) is 0 Å². The Morgan fingerprint density at radius 2 is 1.83 bits per heavy atom. The number of piperidine rings is 3. The van der Waals surface area contributed by atoms with Crippen LogP contribution in [0, 0.1) is 5.92 Å². The maximum Gasteiger partial charge on any atom is 0.121 e. The third kappa shape index (κ3) is 3.67. The summed E-state index contributed by atoms with van der Waals surface area (Å²) in [7, 11) is 4.26. The summed E-state index contributed by atoms with van der Waals surface area (Å²) in [5.74, 6) is 1.75. The Morgan fingerprint density at radius 3 is 2.59 bits per heavy atom. The number of aromatic nitrogens is 1. The van der Waals surface area contributed by atoms with E-state index >= 15 is 0 Å². The average Bonchev–Trinajstić information content (AvgIpc) is 3.06. The summed E-state index contributed by atoms with van der Waals surface area (Å²) in [6.07, 6.45) is 4.98. The van der Waals surface area contributed by atoms with E-state index in [2.05, 4.69) is 77.0 Å². The van der Waals surface area contributed by atoms with Crippen molar-refractivity contribution in [2.24, 2.45) is 5.92 Å². The van der Waals surface area contributed by atoms with Crippen molar-refractivity contribution < 1.29 is 4.74 Å². The van der Waals surface area contributed by atoms with Gasteiger partial charge in [0.1, 0.15) is 12.4 Å². The Bertz CT molecular complexity index is 1040. The molecule has 3 aliphatic heterocycles. The molecule has 152 valence electrons. The van der Waals surface area contributed by atoms with E-state index in [-0.39, 0.29) is 0 Å². The lowest BCUT2D eigenvalue weighted by atomic mass is 9.84. The Hall–Kier alpha value is -2.30. The molecule has 0 spiro atoms. The highest BCUT2D eigenvalue weighted by Crippen LogP contribution is 2.33. The molecular weight excluding hydrogens is 358 g/mol. The van der Waals surface area contributed by atoms with Gasteiger partial charge in [0.25, 0.3) is 0 Å². The smallest absolute Gasteiger partial charge is 0.121 e. The normalized spacial score (nSPS) is 22.9. The highest BCUT2D eigenvalue weighted by atomic mass is 16.5. The van der Waals surface area contributed by atoms with Crippen LogP contribution in [0.1, 0.15) is 12.8 Å². The van der Waals surface area contributed by atoms with Gasteiger partial charge in [0.2, 0.25) is 0 Å². The molecule has 4 heteroatoms. The van der Waals surface area contributed by atoms with Gasteiger partial charge in [0.05, 0.1) is 5.52 Å². The van der Waals surface area contributed by atoms with Crippen LogP contribution in [0.4, 0.5) is 0 Å². The number of benzene rings is 2. The first-order chi connectivity index (χ1) is 14.2. The fourth-order valence-corrected chi connectivity index (χ4v) is 4.99. The van der Waals surface area contributed by atoms with Gasteiger partial charge in [-0.1, -0.05) is 23.8 Å². The van der Waals surface area contributed by atoms with Crippen LogP contribution in [-0.2, 0) is 6.54 Å². The number of hydrogen-bond donors (Lipinski definition) is 0. The standard InChI is InChI=1S/C25H31N3O/c1-26(2)14-15-28-24-6-4-3-5-22(24)23-8-7-21(17-25(23)28)29-16-11-20-18-27-12-9-19(20)10-13-27/h3-8,11,17,19H,9-10,12-16,18H2,1-2H3. The minimum atomic E-state index is 0.670. The summed E-state index contributed by atoms with van der Waals surface area (Å²) in [6, 6.07) is 15.3. The topological polar surface area (TPSA) is 20.6 Å². The van der Waals surface area contributed by atoms with Gasteiger partial charge in [-0.2, -0.15) is 0 Å². The molecule has 29 heavy (non-hydrogen) atoms. The van der Waals surface area contributed by atoms with Gasteiger partial charge in [-0.05, 0) is 70.2 Å². The highest BCUT2D eigenvalue weighted by molar-refractivity contribution is 6.08. The van der Waals surface area contributed by atoms with Crippen LogP contribution < -0.4 is 4.74 Å². The van der Waals surface area contributed by atoms with E-state index in [1.807, 2.05) is 0 Å².